The standard InChI is InChI=1S/C22H26N2O4S2/c25-9-13-29-11-7-23-17-5-6-18(24-8-12-30-14-10-26)20-19(17)21(27)15-3-1-2-4-16(15)22(20)28/h1-6,23-26H,7-14H2. The molecule has 0 unspecified atom stereocenters. The van der Waals surface area contributed by atoms with E-state index in [0.717, 1.165) is 11.5 Å². The maximum Gasteiger partial charge on any atom is 0.196 e. The Labute approximate surface area is 184 Å². The van der Waals surface area contributed by atoms with Gasteiger partial charge in [0.25, 0.3) is 0 Å². The molecule has 0 radical (unpaired) electrons. The Bertz CT molecular complexity index is 833. The van der Waals surface area contributed by atoms with E-state index in [1.165, 1.54) is 0 Å². The molecule has 0 spiro atoms. The number of thioether (sulfide) groups is 2. The maximum absolute atomic E-state index is 13.3. The third-order valence-corrected chi connectivity index (χ3v) is 6.60. The summed E-state index contributed by atoms with van der Waals surface area (Å²) < 4.78 is 0. The monoisotopic (exact) mass is 446 g/mol. The SMILES string of the molecule is O=C1c2ccccc2C(=O)c2c(NCCSCCO)ccc(NCCSCCO)c21. The first-order chi connectivity index (χ1) is 14.7. The summed E-state index contributed by atoms with van der Waals surface area (Å²) in [5.41, 5.74) is 3.01. The van der Waals surface area contributed by atoms with E-state index in [2.05, 4.69) is 10.6 Å². The van der Waals surface area contributed by atoms with Crippen molar-refractivity contribution in [2.75, 3.05) is 59.9 Å². The molecule has 4 N–H and O–H groups in total. The van der Waals surface area contributed by atoms with Gasteiger partial charge in [0.1, 0.15) is 0 Å². The second kappa shape index (κ2) is 11.4. The first-order valence-corrected chi connectivity index (χ1v) is 12.2. The van der Waals surface area contributed by atoms with Crippen molar-refractivity contribution < 1.29 is 19.8 Å². The van der Waals surface area contributed by atoms with Crippen LogP contribution in [0.2, 0.25) is 0 Å². The van der Waals surface area contributed by atoms with Gasteiger partial charge in [-0.3, -0.25) is 9.59 Å². The molecule has 6 nitrogen and oxygen atoms in total. The number of hydrogen-bond acceptors (Lipinski definition) is 8. The van der Waals surface area contributed by atoms with Crippen molar-refractivity contribution in [1.29, 1.82) is 0 Å². The number of benzene rings is 2. The van der Waals surface area contributed by atoms with Crippen LogP contribution in [-0.4, -0.2) is 71.1 Å². The number of hydrogen-bond donors (Lipinski definition) is 4. The molecule has 1 aliphatic rings. The quantitative estimate of drug-likeness (QED) is 0.315. The lowest BCUT2D eigenvalue weighted by Gasteiger charge is -2.24. The number of carbonyl (C=O) groups is 2. The molecule has 0 heterocycles. The van der Waals surface area contributed by atoms with Gasteiger partial charge in [-0.1, -0.05) is 24.3 Å². The number of carbonyl (C=O) groups excluding carboxylic acids is 2. The van der Waals surface area contributed by atoms with Crippen LogP contribution in [0.4, 0.5) is 11.4 Å². The minimum absolute atomic E-state index is 0.140. The van der Waals surface area contributed by atoms with Crippen molar-refractivity contribution in [2.45, 2.75) is 0 Å². The predicted molar refractivity (Wildman–Crippen MR) is 126 cm³/mol. The van der Waals surface area contributed by atoms with E-state index in [9.17, 15) is 9.59 Å². The van der Waals surface area contributed by atoms with Crippen LogP contribution in [0.15, 0.2) is 36.4 Å². The van der Waals surface area contributed by atoms with E-state index in [1.807, 2.05) is 12.1 Å². The first kappa shape index (κ1) is 22.7. The molecule has 30 heavy (non-hydrogen) atoms. The zero-order chi connectivity index (χ0) is 21.3. The fourth-order valence-electron chi connectivity index (χ4n) is 3.37. The molecule has 2 aromatic rings. The minimum atomic E-state index is -0.149. The van der Waals surface area contributed by atoms with Gasteiger partial charge in [0.2, 0.25) is 0 Å². The molecule has 0 saturated carbocycles. The largest absolute Gasteiger partial charge is 0.396 e. The Morgan fingerprint density at radius 1 is 0.667 bits per heavy atom. The summed E-state index contributed by atoms with van der Waals surface area (Å²) in [4.78, 5) is 26.6. The Morgan fingerprint density at radius 3 is 1.50 bits per heavy atom. The number of rotatable bonds is 12. The Balaban J connectivity index is 1.88. The average molecular weight is 447 g/mol. The highest BCUT2D eigenvalue weighted by molar-refractivity contribution is 7.99. The fourth-order valence-corrected chi connectivity index (χ4v) is 4.53. The molecule has 0 aliphatic heterocycles. The highest BCUT2D eigenvalue weighted by Gasteiger charge is 2.33. The molecule has 0 aromatic heterocycles. The fraction of sp³-hybridized carbons (Fsp3) is 0.364. The number of aliphatic hydroxyl groups is 2. The van der Waals surface area contributed by atoms with Gasteiger partial charge in [-0.25, -0.2) is 0 Å². The molecule has 0 fully saturated rings. The zero-order valence-corrected chi connectivity index (χ0v) is 18.3. The molecule has 2 aromatic carbocycles. The lowest BCUT2D eigenvalue weighted by molar-refractivity contribution is 0.0980. The summed E-state index contributed by atoms with van der Waals surface area (Å²) in [6, 6.07) is 10.6. The Hall–Kier alpha value is -2.00. The van der Waals surface area contributed by atoms with E-state index in [0.29, 0.717) is 58.2 Å². The average Bonchev–Trinajstić information content (AvgIpc) is 2.77. The van der Waals surface area contributed by atoms with Crippen molar-refractivity contribution in [1.82, 2.24) is 0 Å². The van der Waals surface area contributed by atoms with Crippen LogP contribution in [0.1, 0.15) is 31.8 Å². The van der Waals surface area contributed by atoms with E-state index in [1.54, 1.807) is 47.8 Å². The number of aliphatic hydroxyl groups excluding tert-OH is 2. The van der Waals surface area contributed by atoms with Gasteiger partial charge in [-0.05, 0) is 12.1 Å². The molecular weight excluding hydrogens is 420 g/mol. The third-order valence-electron chi connectivity index (χ3n) is 4.67. The van der Waals surface area contributed by atoms with E-state index < -0.39 is 0 Å². The van der Waals surface area contributed by atoms with Crippen LogP contribution in [-0.2, 0) is 0 Å². The molecule has 0 atom stereocenters. The molecule has 0 saturated heterocycles. The molecule has 0 amide bonds. The summed E-state index contributed by atoms with van der Waals surface area (Å²) in [5.74, 6) is 2.61. The van der Waals surface area contributed by atoms with Gasteiger partial charge in [0.15, 0.2) is 11.6 Å². The van der Waals surface area contributed by atoms with Crippen LogP contribution in [0.25, 0.3) is 0 Å². The van der Waals surface area contributed by atoms with Crippen molar-refractivity contribution in [3.8, 4) is 0 Å². The van der Waals surface area contributed by atoms with Crippen LogP contribution in [0.5, 0.6) is 0 Å². The normalized spacial score (nSPS) is 12.5. The van der Waals surface area contributed by atoms with E-state index >= 15 is 0 Å². The van der Waals surface area contributed by atoms with Gasteiger partial charge in [-0.15, -0.1) is 0 Å². The predicted octanol–water partition coefficient (Wildman–Crippen LogP) is 2.74. The zero-order valence-electron chi connectivity index (χ0n) is 16.6. The van der Waals surface area contributed by atoms with Crippen LogP contribution in [0.3, 0.4) is 0 Å². The Kier molecular flexibility index (Phi) is 8.62. The van der Waals surface area contributed by atoms with Crippen LogP contribution in [0, 0.1) is 0 Å². The van der Waals surface area contributed by atoms with Gasteiger partial charge in [0, 0.05) is 58.6 Å². The first-order valence-electron chi connectivity index (χ1n) is 9.89. The van der Waals surface area contributed by atoms with Gasteiger partial charge < -0.3 is 20.8 Å². The van der Waals surface area contributed by atoms with Crippen LogP contribution >= 0.6 is 23.5 Å². The minimum Gasteiger partial charge on any atom is -0.396 e. The Morgan fingerprint density at radius 2 is 1.10 bits per heavy atom. The lowest BCUT2D eigenvalue weighted by Crippen LogP contribution is -2.25. The molecule has 3 rings (SSSR count). The molecule has 1 aliphatic carbocycles. The smallest absolute Gasteiger partial charge is 0.196 e. The summed E-state index contributed by atoms with van der Waals surface area (Å²) >= 11 is 3.25. The summed E-state index contributed by atoms with van der Waals surface area (Å²) in [6.07, 6.45) is 0. The maximum atomic E-state index is 13.3. The summed E-state index contributed by atoms with van der Waals surface area (Å²) in [5, 5.41) is 24.4. The van der Waals surface area contributed by atoms with Gasteiger partial charge in [-0.2, -0.15) is 23.5 Å². The van der Waals surface area contributed by atoms with Crippen molar-refractivity contribution in [3.63, 3.8) is 0 Å². The van der Waals surface area contributed by atoms with E-state index in [-0.39, 0.29) is 24.8 Å². The van der Waals surface area contributed by atoms with Crippen molar-refractivity contribution in [3.05, 3.63) is 58.7 Å². The molecule has 160 valence electrons. The summed E-state index contributed by atoms with van der Waals surface area (Å²) in [7, 11) is 0. The van der Waals surface area contributed by atoms with Gasteiger partial charge in [0.05, 0.1) is 24.3 Å². The lowest BCUT2D eigenvalue weighted by atomic mass is 9.82. The van der Waals surface area contributed by atoms with Gasteiger partial charge >= 0.3 is 0 Å². The van der Waals surface area contributed by atoms with E-state index in [4.69, 9.17) is 10.2 Å². The second-order valence-corrected chi connectivity index (χ2v) is 9.09. The molecule has 8 heteroatoms. The number of nitrogens with one attached hydrogen (secondary N) is 2. The highest BCUT2D eigenvalue weighted by atomic mass is 32.2. The van der Waals surface area contributed by atoms with Crippen molar-refractivity contribution in [2.24, 2.45) is 0 Å². The highest BCUT2D eigenvalue weighted by Crippen LogP contribution is 2.36. The summed E-state index contributed by atoms with van der Waals surface area (Å²) in [6.45, 7) is 1.54. The molecular formula is C22H26N2O4S2. The van der Waals surface area contributed by atoms with Crippen LogP contribution < -0.4 is 10.6 Å². The molecule has 0 bridgehead atoms. The van der Waals surface area contributed by atoms with Crippen molar-refractivity contribution >= 4 is 46.5 Å². The second-order valence-electron chi connectivity index (χ2n) is 6.64. The third kappa shape index (κ3) is 5.18. The number of ketones is 2. The number of fused-ring (bicyclic) bond motifs is 2. The topological polar surface area (TPSA) is 98.7 Å². The number of anilines is 2.